The highest BCUT2D eigenvalue weighted by Gasteiger charge is 2.28. The van der Waals surface area contributed by atoms with Crippen molar-refractivity contribution in [2.45, 2.75) is 0 Å². The Morgan fingerprint density at radius 3 is 0.850 bits per heavy atom. The molecule has 36 aromatic rings. The largest absolute Gasteiger partial charge is 0.456 e. The molecule has 0 N–H and O–H groups in total. The number of hydrogen-bond donors (Lipinski definition) is 0. The molecule has 0 fully saturated rings. The van der Waals surface area contributed by atoms with Crippen LogP contribution in [0.2, 0.25) is 0 Å². The number of para-hydroxylation sites is 4. The number of pyridine rings is 4. The second kappa shape index (κ2) is 28.2. The van der Waals surface area contributed by atoms with E-state index in [0.29, 0.717) is 0 Å². The lowest BCUT2D eigenvalue weighted by atomic mass is 9.97. The summed E-state index contributed by atoms with van der Waals surface area (Å²) in [6.07, 6.45) is 9.21. The molecule has 0 aliphatic heterocycles. The fraction of sp³-hybridized carbons (Fsp3) is 0. The van der Waals surface area contributed by atoms with Gasteiger partial charge in [0.25, 0.3) is 0 Å². The van der Waals surface area contributed by atoms with Crippen LogP contribution >= 0.6 is 45.3 Å². The molecule has 140 heavy (non-hydrogen) atoms. The Morgan fingerprint density at radius 2 is 0.421 bits per heavy atom. The van der Waals surface area contributed by atoms with Crippen LogP contribution in [-0.4, -0.2) is 17.6 Å². The third kappa shape index (κ3) is 10.3. The predicted octanol–water partition coefficient (Wildman–Crippen LogP) is 38.7. The highest BCUT2D eigenvalue weighted by molar-refractivity contribution is 7.27. The molecule has 0 radical (unpaired) electrons. The van der Waals surface area contributed by atoms with E-state index in [1.165, 1.54) is 270 Å². The summed E-state index contributed by atoms with van der Waals surface area (Å²) in [5.74, 6) is 0. The van der Waals surface area contributed by atoms with Gasteiger partial charge in [-0.05, 0) is 143 Å². The van der Waals surface area contributed by atoms with Crippen LogP contribution in [0.3, 0.4) is 0 Å². The zero-order valence-electron chi connectivity index (χ0n) is 74.3. The molecule has 0 saturated carbocycles. The average Bonchev–Trinajstić information content (AvgIpc) is 1.55. The summed E-state index contributed by atoms with van der Waals surface area (Å²) in [7, 11) is 0. The molecular weight excluding hydrogens is 1790 g/mol. The molecule has 16 aromatic heterocycles. The van der Waals surface area contributed by atoms with E-state index >= 15 is 0 Å². The SMILES string of the molecule is c1ccc2c(c1)cn1c3c(ccc4sc5ccccc5c43)c3ccc4c5ccccc5oc4c3c21.c1ccc2c(c1)cn1c3c(ccc4sc5ccccc5c43)c3ccc4oc5ccccc5c4c3c21.c1ccc2c(c1)cn1c3cc4c(cc3c3ccc5c6ccccc6oc5c3c21)sc1ccccc14.c1ccc2c(c1)cn1c3cc4c(cc3c3ccc5oc6ccccc6c5c3c21)sc1ccccc14. The van der Waals surface area contributed by atoms with Gasteiger partial charge in [0.05, 0.1) is 54.9 Å². The Bertz CT molecular complexity index is 12000. The molecule has 0 aliphatic carbocycles. The zero-order chi connectivity index (χ0) is 90.7. The maximum atomic E-state index is 6.57. The minimum Gasteiger partial charge on any atom is -0.456 e. The fourth-order valence-corrected chi connectivity index (χ4v) is 28.8. The van der Waals surface area contributed by atoms with Gasteiger partial charge in [0.2, 0.25) is 0 Å². The number of furan rings is 4. The summed E-state index contributed by atoms with van der Waals surface area (Å²) in [5.41, 5.74) is 17.5. The van der Waals surface area contributed by atoms with Gasteiger partial charge in [-0.2, -0.15) is 0 Å². The van der Waals surface area contributed by atoms with Gasteiger partial charge in [-0.25, -0.2) is 0 Å². The third-order valence-corrected chi connectivity index (χ3v) is 34.8. The standard InChI is InChI=1S/4C32H17NOS/c1-2-8-19-18(7-1)17-33-25-15-24-20-9-4-6-12-28(20)35-29(24)16-23(25)21-13-14-27-30(31(21)32(19)33)22-10-3-5-11-26(22)34-27;1-2-8-19-18(7-1)17-33-31(19)30-20(13-15-25-28(30)22-9-3-5-11-24(22)34-25)21-14-16-27-29(32(21)33)23-10-4-6-12-26(23)35-27;1-2-8-19-18(7-1)17-33-26-15-25-21-10-4-6-12-28(21)35-29(25)16-24(26)22-13-14-23-20-9-3-5-11-27(20)34-32(23)30(22)31(19)33;1-2-8-19-18(7-1)17-33-30(19)29-21(13-14-23-20-9-3-5-11-25(20)34-32(23)29)22-15-16-27-28(31(22)33)24-10-4-6-12-26(24)35-27/h4*1-17H. The van der Waals surface area contributed by atoms with Crippen molar-refractivity contribution in [3.63, 3.8) is 0 Å². The lowest BCUT2D eigenvalue weighted by Gasteiger charge is -2.12. The van der Waals surface area contributed by atoms with Crippen LogP contribution < -0.4 is 0 Å². The first kappa shape index (κ1) is 75.9. The molecule has 36 rings (SSSR count). The summed E-state index contributed by atoms with van der Waals surface area (Å²) in [6.45, 7) is 0. The number of thiophene rings is 4. The highest BCUT2D eigenvalue weighted by Crippen LogP contribution is 2.53. The van der Waals surface area contributed by atoms with Gasteiger partial charge in [0.15, 0.2) is 0 Å². The van der Waals surface area contributed by atoms with E-state index in [-0.39, 0.29) is 0 Å². The van der Waals surface area contributed by atoms with Gasteiger partial charge in [0, 0.05) is 224 Å². The minimum absolute atomic E-state index is 0.934. The van der Waals surface area contributed by atoms with Crippen molar-refractivity contribution in [1.29, 1.82) is 0 Å². The third-order valence-electron chi connectivity index (χ3n) is 30.2. The van der Waals surface area contributed by atoms with Crippen LogP contribution in [0.15, 0.2) is 431 Å². The van der Waals surface area contributed by atoms with E-state index in [9.17, 15) is 0 Å². The fourth-order valence-electron chi connectivity index (χ4n) is 24.3. The second-order valence-electron chi connectivity index (χ2n) is 37.4. The quantitative estimate of drug-likeness (QED) is 0.142. The van der Waals surface area contributed by atoms with E-state index in [0.717, 1.165) is 50.1 Å². The monoisotopic (exact) mass is 1850 g/mol. The van der Waals surface area contributed by atoms with Crippen LogP contribution in [0.1, 0.15) is 0 Å². The van der Waals surface area contributed by atoms with Crippen LogP contribution in [-0.2, 0) is 0 Å². The molecule has 20 aromatic carbocycles. The average molecular weight is 1850 g/mol. The Kier molecular flexibility index (Phi) is 15.3. The Balaban J connectivity index is 0.0000000829. The molecule has 16 heterocycles. The zero-order valence-corrected chi connectivity index (χ0v) is 77.6. The van der Waals surface area contributed by atoms with E-state index in [2.05, 4.69) is 406 Å². The van der Waals surface area contributed by atoms with Crippen molar-refractivity contribution < 1.29 is 17.7 Å². The number of hydrogen-bond acceptors (Lipinski definition) is 8. The van der Waals surface area contributed by atoms with E-state index in [1.54, 1.807) is 0 Å². The van der Waals surface area contributed by atoms with Crippen molar-refractivity contribution >= 4 is 366 Å². The highest BCUT2D eigenvalue weighted by atomic mass is 32.1. The molecule has 0 unspecified atom stereocenters. The summed E-state index contributed by atoms with van der Waals surface area (Å²) in [5, 5.41) is 45.0. The second-order valence-corrected chi connectivity index (χ2v) is 41.7. The molecule has 0 bridgehead atoms. The summed E-state index contributed by atoms with van der Waals surface area (Å²) in [4.78, 5) is 0. The molecular formula is C128H68N4O4S4. The molecule has 12 heteroatoms. The van der Waals surface area contributed by atoms with Crippen molar-refractivity contribution in [1.82, 2.24) is 17.6 Å². The molecule has 0 amide bonds. The maximum Gasteiger partial charge on any atom is 0.145 e. The maximum absolute atomic E-state index is 6.57. The summed E-state index contributed by atoms with van der Waals surface area (Å²) >= 11 is 7.49. The van der Waals surface area contributed by atoms with Crippen LogP contribution in [0, 0.1) is 0 Å². The van der Waals surface area contributed by atoms with Crippen molar-refractivity contribution in [2.24, 2.45) is 0 Å². The van der Waals surface area contributed by atoms with E-state index in [1.807, 2.05) is 69.6 Å². The van der Waals surface area contributed by atoms with Crippen LogP contribution in [0.4, 0.5) is 0 Å². The van der Waals surface area contributed by atoms with Crippen LogP contribution in [0.25, 0.3) is 320 Å². The first-order valence-electron chi connectivity index (χ1n) is 47.4. The number of fused-ring (bicyclic) bond motifs is 62. The number of benzene rings is 20. The lowest BCUT2D eigenvalue weighted by molar-refractivity contribution is 0.669. The van der Waals surface area contributed by atoms with Crippen LogP contribution in [0.5, 0.6) is 0 Å². The molecule has 8 nitrogen and oxygen atoms in total. The summed E-state index contributed by atoms with van der Waals surface area (Å²) in [6, 6.07) is 140. The van der Waals surface area contributed by atoms with E-state index < -0.39 is 0 Å². The Morgan fingerprint density at radius 1 is 0.143 bits per heavy atom. The first-order valence-corrected chi connectivity index (χ1v) is 50.7. The first-order chi connectivity index (χ1) is 69.4. The number of aromatic nitrogens is 4. The van der Waals surface area contributed by atoms with E-state index in [4.69, 9.17) is 17.7 Å². The van der Waals surface area contributed by atoms with Crippen molar-refractivity contribution in [2.75, 3.05) is 0 Å². The molecule has 0 saturated heterocycles. The topological polar surface area (TPSA) is 70.2 Å². The normalized spacial score (nSPS) is 12.6. The number of nitrogens with zero attached hydrogens (tertiary/aromatic N) is 4. The molecule has 0 atom stereocenters. The summed E-state index contributed by atoms with van der Waals surface area (Å²) < 4.78 is 46.1. The smallest absolute Gasteiger partial charge is 0.145 e. The van der Waals surface area contributed by atoms with Gasteiger partial charge in [-0.3, -0.25) is 0 Å². The van der Waals surface area contributed by atoms with Crippen molar-refractivity contribution in [3.05, 3.63) is 413 Å². The van der Waals surface area contributed by atoms with Gasteiger partial charge in [-0.1, -0.05) is 267 Å². The lowest BCUT2D eigenvalue weighted by Crippen LogP contribution is -1.91. The van der Waals surface area contributed by atoms with Gasteiger partial charge < -0.3 is 35.3 Å². The molecule has 0 spiro atoms. The predicted molar refractivity (Wildman–Crippen MR) is 600 cm³/mol. The van der Waals surface area contributed by atoms with Gasteiger partial charge >= 0.3 is 0 Å². The number of rotatable bonds is 0. The van der Waals surface area contributed by atoms with Gasteiger partial charge in [0.1, 0.15) is 44.7 Å². The minimum atomic E-state index is 0.934. The Labute approximate surface area is 807 Å². The molecule has 0 aliphatic rings. The Hall–Kier alpha value is -17.4. The van der Waals surface area contributed by atoms with Gasteiger partial charge in [-0.15, -0.1) is 45.3 Å². The molecule has 648 valence electrons. The van der Waals surface area contributed by atoms with Crippen molar-refractivity contribution in [3.8, 4) is 0 Å².